The molecular weight excluding hydrogens is 248 g/mol. The van der Waals surface area contributed by atoms with E-state index in [1.807, 2.05) is 6.92 Å². The molecule has 1 unspecified atom stereocenters. The van der Waals surface area contributed by atoms with Crippen molar-refractivity contribution >= 4 is 22.4 Å². The van der Waals surface area contributed by atoms with E-state index >= 15 is 0 Å². The second-order valence-electron chi connectivity index (χ2n) is 4.94. The van der Waals surface area contributed by atoms with Crippen LogP contribution in [0.2, 0.25) is 0 Å². The predicted octanol–water partition coefficient (Wildman–Crippen LogP) is 3.47. The van der Waals surface area contributed by atoms with E-state index in [-0.39, 0.29) is 5.97 Å². The number of thiazole rings is 1. The van der Waals surface area contributed by atoms with Gasteiger partial charge in [0.2, 0.25) is 0 Å². The van der Waals surface area contributed by atoms with Gasteiger partial charge in [-0.1, -0.05) is 25.2 Å². The van der Waals surface area contributed by atoms with Crippen molar-refractivity contribution in [1.29, 1.82) is 0 Å². The number of carbonyl (C=O) groups is 1. The molecule has 0 amide bonds. The SMILES string of the molecule is COC(=O)c1sc(NC(C)CCC(C)C)nc1C. The molecule has 0 fully saturated rings. The van der Waals surface area contributed by atoms with E-state index in [9.17, 15) is 4.79 Å². The van der Waals surface area contributed by atoms with Crippen LogP contribution >= 0.6 is 11.3 Å². The number of hydrogen-bond donors (Lipinski definition) is 1. The Bertz CT molecular complexity index is 402. The van der Waals surface area contributed by atoms with Crippen LogP contribution in [-0.4, -0.2) is 24.1 Å². The number of ether oxygens (including phenoxy) is 1. The third-order valence-corrected chi connectivity index (χ3v) is 3.78. The van der Waals surface area contributed by atoms with Crippen molar-refractivity contribution in [3.63, 3.8) is 0 Å². The molecule has 0 aliphatic carbocycles. The number of rotatable bonds is 6. The Hall–Kier alpha value is -1.10. The molecule has 18 heavy (non-hydrogen) atoms. The fourth-order valence-electron chi connectivity index (χ4n) is 1.61. The van der Waals surface area contributed by atoms with Gasteiger partial charge in [-0.3, -0.25) is 0 Å². The number of nitrogens with one attached hydrogen (secondary N) is 1. The van der Waals surface area contributed by atoms with Crippen molar-refractivity contribution in [2.75, 3.05) is 12.4 Å². The molecule has 0 aromatic carbocycles. The van der Waals surface area contributed by atoms with Crippen LogP contribution in [0, 0.1) is 12.8 Å². The first-order valence-electron chi connectivity index (χ1n) is 6.26. The summed E-state index contributed by atoms with van der Waals surface area (Å²) in [6, 6.07) is 0.364. The van der Waals surface area contributed by atoms with Gasteiger partial charge in [-0.05, 0) is 32.6 Å². The van der Waals surface area contributed by atoms with Crippen molar-refractivity contribution in [2.24, 2.45) is 5.92 Å². The summed E-state index contributed by atoms with van der Waals surface area (Å²) in [7, 11) is 1.39. The average molecular weight is 270 g/mol. The van der Waals surface area contributed by atoms with Gasteiger partial charge >= 0.3 is 5.97 Å². The Morgan fingerprint density at radius 1 is 1.39 bits per heavy atom. The minimum Gasteiger partial charge on any atom is -0.465 e. The van der Waals surface area contributed by atoms with Crippen molar-refractivity contribution < 1.29 is 9.53 Å². The molecular formula is C13H22N2O2S. The number of nitrogens with zero attached hydrogens (tertiary/aromatic N) is 1. The number of esters is 1. The molecule has 0 saturated carbocycles. The van der Waals surface area contributed by atoms with E-state index < -0.39 is 0 Å². The van der Waals surface area contributed by atoms with Crippen LogP contribution in [0.1, 0.15) is 49.0 Å². The topological polar surface area (TPSA) is 51.2 Å². The summed E-state index contributed by atoms with van der Waals surface area (Å²) >= 11 is 1.36. The van der Waals surface area contributed by atoms with E-state index in [2.05, 4.69) is 31.1 Å². The molecule has 1 aromatic heterocycles. The molecule has 0 saturated heterocycles. The van der Waals surface area contributed by atoms with E-state index in [4.69, 9.17) is 4.74 Å². The molecule has 102 valence electrons. The Kier molecular flexibility index (Phi) is 5.59. The van der Waals surface area contributed by atoms with Crippen molar-refractivity contribution in [1.82, 2.24) is 4.98 Å². The van der Waals surface area contributed by atoms with Crippen LogP contribution in [0.4, 0.5) is 5.13 Å². The van der Waals surface area contributed by atoms with Crippen LogP contribution in [0.3, 0.4) is 0 Å². The van der Waals surface area contributed by atoms with Gasteiger partial charge in [-0.25, -0.2) is 9.78 Å². The summed E-state index contributed by atoms with van der Waals surface area (Å²) in [5, 5.41) is 4.13. The lowest BCUT2D eigenvalue weighted by Gasteiger charge is -2.13. The number of aryl methyl sites for hydroxylation is 1. The molecule has 1 heterocycles. The van der Waals surface area contributed by atoms with Crippen molar-refractivity contribution in [2.45, 2.75) is 46.6 Å². The fourth-order valence-corrected chi connectivity index (χ4v) is 2.60. The van der Waals surface area contributed by atoms with Gasteiger partial charge in [0.25, 0.3) is 0 Å². The molecule has 1 N–H and O–H groups in total. The number of hydrogen-bond acceptors (Lipinski definition) is 5. The van der Waals surface area contributed by atoms with Gasteiger partial charge in [0.05, 0.1) is 12.8 Å². The largest absolute Gasteiger partial charge is 0.465 e. The highest BCUT2D eigenvalue weighted by molar-refractivity contribution is 7.17. The maximum absolute atomic E-state index is 11.5. The molecule has 1 rings (SSSR count). The quantitative estimate of drug-likeness (QED) is 0.804. The van der Waals surface area contributed by atoms with Gasteiger partial charge in [0, 0.05) is 6.04 Å². The maximum atomic E-state index is 11.5. The molecule has 1 aromatic rings. The first-order valence-corrected chi connectivity index (χ1v) is 7.08. The lowest BCUT2D eigenvalue weighted by molar-refractivity contribution is 0.0605. The molecule has 0 spiro atoms. The zero-order chi connectivity index (χ0) is 13.7. The number of anilines is 1. The average Bonchev–Trinajstić information content (AvgIpc) is 2.66. The van der Waals surface area contributed by atoms with Crippen LogP contribution in [0.15, 0.2) is 0 Å². The predicted molar refractivity (Wildman–Crippen MR) is 75.3 cm³/mol. The third-order valence-electron chi connectivity index (χ3n) is 2.71. The standard InChI is InChI=1S/C13H22N2O2S/c1-8(2)6-7-9(3)14-13-15-10(4)11(18-13)12(16)17-5/h8-9H,6-7H2,1-5H3,(H,14,15). The molecule has 0 bridgehead atoms. The number of aromatic nitrogens is 1. The van der Waals surface area contributed by atoms with Crippen LogP contribution < -0.4 is 5.32 Å². The minimum absolute atomic E-state index is 0.312. The zero-order valence-corrected chi connectivity index (χ0v) is 12.6. The Balaban J connectivity index is 2.60. The molecule has 4 nitrogen and oxygen atoms in total. The number of methoxy groups -OCH3 is 1. The summed E-state index contributed by atoms with van der Waals surface area (Å²) in [5.41, 5.74) is 0.727. The molecule has 1 atom stereocenters. The Morgan fingerprint density at radius 2 is 2.06 bits per heavy atom. The second kappa shape index (κ2) is 6.73. The van der Waals surface area contributed by atoms with Crippen molar-refractivity contribution in [3.05, 3.63) is 10.6 Å². The van der Waals surface area contributed by atoms with Gasteiger partial charge in [0.1, 0.15) is 4.88 Å². The molecule has 0 aliphatic heterocycles. The summed E-state index contributed by atoms with van der Waals surface area (Å²) in [6.45, 7) is 8.40. The van der Waals surface area contributed by atoms with Gasteiger partial charge < -0.3 is 10.1 Å². The Labute approximate surface area is 113 Å². The van der Waals surface area contributed by atoms with Crippen LogP contribution in [-0.2, 0) is 4.74 Å². The Morgan fingerprint density at radius 3 is 2.61 bits per heavy atom. The van der Waals surface area contributed by atoms with E-state index in [1.54, 1.807) is 0 Å². The molecule has 0 aliphatic rings. The second-order valence-corrected chi connectivity index (χ2v) is 5.94. The van der Waals surface area contributed by atoms with E-state index in [0.29, 0.717) is 16.8 Å². The van der Waals surface area contributed by atoms with Gasteiger partial charge in [-0.2, -0.15) is 0 Å². The molecule has 0 radical (unpaired) electrons. The lowest BCUT2D eigenvalue weighted by Crippen LogP contribution is -2.15. The summed E-state index contributed by atoms with van der Waals surface area (Å²) in [5.74, 6) is 0.394. The maximum Gasteiger partial charge on any atom is 0.350 e. The summed E-state index contributed by atoms with van der Waals surface area (Å²) < 4.78 is 4.72. The van der Waals surface area contributed by atoms with Crippen molar-refractivity contribution in [3.8, 4) is 0 Å². The van der Waals surface area contributed by atoms with Crippen LogP contribution in [0.5, 0.6) is 0 Å². The monoisotopic (exact) mass is 270 g/mol. The molecule has 5 heteroatoms. The lowest BCUT2D eigenvalue weighted by atomic mass is 10.0. The highest BCUT2D eigenvalue weighted by Crippen LogP contribution is 2.24. The first-order chi connectivity index (χ1) is 8.43. The highest BCUT2D eigenvalue weighted by atomic mass is 32.1. The highest BCUT2D eigenvalue weighted by Gasteiger charge is 2.16. The van der Waals surface area contributed by atoms with Gasteiger partial charge in [-0.15, -0.1) is 0 Å². The summed E-state index contributed by atoms with van der Waals surface area (Å²) in [4.78, 5) is 16.4. The smallest absolute Gasteiger partial charge is 0.350 e. The fraction of sp³-hybridized carbons (Fsp3) is 0.692. The minimum atomic E-state index is -0.312. The third kappa shape index (κ3) is 4.29. The first kappa shape index (κ1) is 15.0. The van der Waals surface area contributed by atoms with Gasteiger partial charge in [0.15, 0.2) is 5.13 Å². The zero-order valence-electron chi connectivity index (χ0n) is 11.7. The van der Waals surface area contributed by atoms with E-state index in [0.717, 1.165) is 17.2 Å². The van der Waals surface area contributed by atoms with E-state index in [1.165, 1.54) is 24.9 Å². The summed E-state index contributed by atoms with van der Waals surface area (Å²) in [6.07, 6.45) is 2.28. The van der Waals surface area contributed by atoms with Crippen LogP contribution in [0.25, 0.3) is 0 Å². The normalized spacial score (nSPS) is 12.6. The number of carbonyl (C=O) groups excluding carboxylic acids is 1.